The summed E-state index contributed by atoms with van der Waals surface area (Å²) in [6.07, 6.45) is 0. The van der Waals surface area contributed by atoms with Gasteiger partial charge in [0.05, 0.1) is 5.69 Å². The maximum atomic E-state index is 14.7. The van der Waals surface area contributed by atoms with E-state index in [-0.39, 0.29) is 11.5 Å². The van der Waals surface area contributed by atoms with Crippen LogP contribution in [-0.4, -0.2) is 25.7 Å². The predicted octanol–water partition coefficient (Wildman–Crippen LogP) is 4.75. The van der Waals surface area contributed by atoms with Crippen LogP contribution in [-0.2, 0) is 0 Å². The van der Waals surface area contributed by atoms with E-state index in [1.165, 1.54) is 16.6 Å². The summed E-state index contributed by atoms with van der Waals surface area (Å²) in [7, 11) is 0. The zero-order chi connectivity index (χ0) is 21.4. The number of halogens is 1. The van der Waals surface area contributed by atoms with Crippen molar-refractivity contribution in [1.82, 2.24) is 19.8 Å². The first-order chi connectivity index (χ1) is 15.1. The molecule has 0 unspecified atom stereocenters. The molecule has 0 saturated carbocycles. The van der Waals surface area contributed by atoms with Crippen molar-refractivity contribution in [2.75, 3.05) is 5.32 Å². The molecule has 0 fully saturated rings. The van der Waals surface area contributed by atoms with Crippen LogP contribution in [0.15, 0.2) is 77.2 Å². The van der Waals surface area contributed by atoms with E-state index in [9.17, 15) is 9.18 Å². The number of hydrogen-bond donors (Lipinski definition) is 1. The Labute approximate surface area is 176 Å². The monoisotopic (exact) mass is 413 g/mol. The fourth-order valence-corrected chi connectivity index (χ4v) is 3.23. The summed E-state index contributed by atoms with van der Waals surface area (Å²) in [5, 5.41) is 15.5. The lowest BCUT2D eigenvalue weighted by molar-refractivity contribution is 0.102. The lowest BCUT2D eigenvalue weighted by atomic mass is 10.1. The van der Waals surface area contributed by atoms with Crippen LogP contribution in [0.25, 0.3) is 28.5 Å². The Kier molecular flexibility index (Phi) is 4.51. The predicted molar refractivity (Wildman–Crippen MR) is 113 cm³/mol. The van der Waals surface area contributed by atoms with Gasteiger partial charge in [-0.25, -0.2) is 4.39 Å². The van der Waals surface area contributed by atoms with Crippen LogP contribution in [0.4, 0.5) is 10.1 Å². The smallest absolute Gasteiger partial charge is 0.255 e. The molecule has 0 bridgehead atoms. The summed E-state index contributed by atoms with van der Waals surface area (Å²) in [5.74, 6) is 0.914. The number of amides is 1. The second kappa shape index (κ2) is 7.49. The van der Waals surface area contributed by atoms with Crippen LogP contribution in [0.5, 0.6) is 0 Å². The quantitative estimate of drug-likeness (QED) is 0.460. The minimum absolute atomic E-state index is 0.239. The Morgan fingerprint density at radius 2 is 1.84 bits per heavy atom. The molecule has 1 N–H and O–H groups in total. The third-order valence-electron chi connectivity index (χ3n) is 4.76. The van der Waals surface area contributed by atoms with Crippen LogP contribution in [0.3, 0.4) is 0 Å². The molecule has 0 atom stereocenters. The number of aryl methyl sites for hydroxylation is 1. The van der Waals surface area contributed by atoms with Gasteiger partial charge in [0, 0.05) is 16.8 Å². The third kappa shape index (κ3) is 3.55. The maximum absolute atomic E-state index is 14.7. The molecule has 0 saturated heterocycles. The van der Waals surface area contributed by atoms with Crippen molar-refractivity contribution in [2.45, 2.75) is 6.92 Å². The average molecular weight is 413 g/mol. The van der Waals surface area contributed by atoms with Gasteiger partial charge in [0.2, 0.25) is 5.82 Å². The van der Waals surface area contributed by atoms with Gasteiger partial charge in [-0.15, -0.1) is 10.2 Å². The van der Waals surface area contributed by atoms with Gasteiger partial charge in [-0.2, -0.15) is 9.61 Å². The van der Waals surface area contributed by atoms with Gasteiger partial charge >= 0.3 is 0 Å². The lowest BCUT2D eigenvalue weighted by Crippen LogP contribution is -2.11. The zero-order valence-electron chi connectivity index (χ0n) is 16.4. The molecular weight excluding hydrogens is 397 g/mol. The Morgan fingerprint density at radius 1 is 1.00 bits per heavy atom. The number of rotatable bonds is 4. The van der Waals surface area contributed by atoms with E-state index < -0.39 is 5.82 Å². The Balaban J connectivity index is 1.52. The van der Waals surface area contributed by atoms with E-state index in [1.54, 1.807) is 48.5 Å². The second-order valence-electron chi connectivity index (χ2n) is 6.94. The first-order valence-corrected chi connectivity index (χ1v) is 9.54. The van der Waals surface area contributed by atoms with Gasteiger partial charge in [-0.1, -0.05) is 18.2 Å². The van der Waals surface area contributed by atoms with E-state index in [4.69, 9.17) is 4.42 Å². The van der Waals surface area contributed by atoms with Crippen LogP contribution < -0.4 is 5.32 Å². The molecule has 7 nitrogen and oxygen atoms in total. The summed E-state index contributed by atoms with van der Waals surface area (Å²) in [5.41, 5.74) is 2.07. The molecule has 5 rings (SSSR count). The summed E-state index contributed by atoms with van der Waals surface area (Å²) in [6.45, 7) is 1.83. The molecule has 5 aromatic rings. The van der Waals surface area contributed by atoms with Crippen LogP contribution in [0, 0.1) is 12.7 Å². The highest BCUT2D eigenvalue weighted by atomic mass is 19.1. The zero-order valence-corrected chi connectivity index (χ0v) is 16.4. The van der Waals surface area contributed by atoms with Gasteiger partial charge in [0.25, 0.3) is 5.91 Å². The van der Waals surface area contributed by atoms with E-state index in [0.29, 0.717) is 34.2 Å². The number of benzene rings is 2. The summed E-state index contributed by atoms with van der Waals surface area (Å²) < 4.78 is 21.8. The number of nitrogens with one attached hydrogen (secondary N) is 1. The number of fused-ring (bicyclic) bond motifs is 1. The Bertz CT molecular complexity index is 1410. The van der Waals surface area contributed by atoms with Crippen molar-refractivity contribution < 1.29 is 13.6 Å². The number of aromatic nitrogens is 4. The minimum atomic E-state index is -0.465. The van der Waals surface area contributed by atoms with Gasteiger partial charge in [-0.05, 0) is 61.5 Å². The van der Waals surface area contributed by atoms with Gasteiger partial charge in [0.1, 0.15) is 11.6 Å². The lowest BCUT2D eigenvalue weighted by Gasteiger charge is -2.09. The van der Waals surface area contributed by atoms with Crippen molar-refractivity contribution >= 4 is 17.2 Å². The molecule has 0 spiro atoms. The Morgan fingerprint density at radius 3 is 2.61 bits per heavy atom. The number of furan rings is 1. The first kappa shape index (κ1) is 18.7. The van der Waals surface area contributed by atoms with E-state index in [2.05, 4.69) is 20.6 Å². The molecule has 1 amide bonds. The van der Waals surface area contributed by atoms with Gasteiger partial charge in [0.15, 0.2) is 11.4 Å². The highest BCUT2D eigenvalue weighted by molar-refractivity contribution is 6.04. The molecule has 0 aliphatic carbocycles. The number of nitrogens with zero attached hydrogens (tertiary/aromatic N) is 4. The topological polar surface area (TPSA) is 85.3 Å². The van der Waals surface area contributed by atoms with Crippen molar-refractivity contribution in [3.63, 3.8) is 0 Å². The highest BCUT2D eigenvalue weighted by Crippen LogP contribution is 2.27. The summed E-state index contributed by atoms with van der Waals surface area (Å²) >= 11 is 0. The van der Waals surface area contributed by atoms with Crippen LogP contribution in [0.2, 0.25) is 0 Å². The molecule has 31 heavy (non-hydrogen) atoms. The fourth-order valence-electron chi connectivity index (χ4n) is 3.23. The molecule has 3 heterocycles. The average Bonchev–Trinajstić information content (AvgIpc) is 3.41. The first-order valence-electron chi connectivity index (χ1n) is 9.54. The van der Waals surface area contributed by atoms with Gasteiger partial charge < -0.3 is 9.73 Å². The van der Waals surface area contributed by atoms with Crippen molar-refractivity contribution in [1.29, 1.82) is 0 Å². The number of carbonyl (C=O) groups excluding carboxylic acids is 1. The molecule has 3 aromatic heterocycles. The maximum Gasteiger partial charge on any atom is 0.255 e. The molecule has 2 aromatic carbocycles. The SMILES string of the molecule is Cc1ccc(-c2nnc3ccc(-c4cc(NC(=O)c5ccccc5)ccc4F)nn23)o1. The molecule has 0 radical (unpaired) electrons. The summed E-state index contributed by atoms with van der Waals surface area (Å²) in [4.78, 5) is 12.4. The van der Waals surface area contributed by atoms with Crippen LogP contribution in [0.1, 0.15) is 16.1 Å². The minimum Gasteiger partial charge on any atom is -0.458 e. The normalized spacial score (nSPS) is 11.0. The summed E-state index contributed by atoms with van der Waals surface area (Å²) in [6, 6.07) is 20.1. The van der Waals surface area contributed by atoms with E-state index >= 15 is 0 Å². The van der Waals surface area contributed by atoms with Crippen molar-refractivity contribution in [2.24, 2.45) is 0 Å². The molecule has 152 valence electrons. The Hall–Kier alpha value is -4.33. The number of carbonyl (C=O) groups is 1. The number of hydrogen-bond acceptors (Lipinski definition) is 5. The standard InChI is InChI=1S/C23H16FN5O2/c1-14-7-11-20(31-14)22-27-26-21-12-10-19(28-29(21)22)17-13-16(8-9-18(17)24)25-23(30)15-5-3-2-4-6-15/h2-13H,1H3,(H,25,30). The number of anilines is 1. The fraction of sp³-hybridized carbons (Fsp3) is 0.0435. The second-order valence-corrected chi connectivity index (χ2v) is 6.94. The van der Waals surface area contributed by atoms with Crippen LogP contribution >= 0.6 is 0 Å². The van der Waals surface area contributed by atoms with Crippen molar-refractivity contribution in [3.05, 3.63) is 89.9 Å². The van der Waals surface area contributed by atoms with Gasteiger partial charge in [-0.3, -0.25) is 4.79 Å². The molecule has 8 heteroatoms. The molecular formula is C23H16FN5O2. The third-order valence-corrected chi connectivity index (χ3v) is 4.76. The highest BCUT2D eigenvalue weighted by Gasteiger charge is 2.16. The molecule has 0 aliphatic heterocycles. The largest absolute Gasteiger partial charge is 0.458 e. The van der Waals surface area contributed by atoms with E-state index in [1.807, 2.05) is 19.1 Å². The van der Waals surface area contributed by atoms with E-state index in [0.717, 1.165) is 5.76 Å². The molecule has 0 aliphatic rings. The van der Waals surface area contributed by atoms with Crippen molar-refractivity contribution in [3.8, 4) is 22.8 Å².